The molecule has 1 N–H and O–H groups in total. The molecule has 0 fully saturated rings. The number of thiazole rings is 1. The normalized spacial score (nSPS) is 10.6. The standard InChI is InChI=1S/C21H15BrN4OS/c1-13-16(8-9-17(24-13)14-5-4-6-15(22)11-14)20(27)26-21-25-19(12-28-21)18-7-2-3-10-23-18/h2-12H,1H3,(H,25,26,27). The second-order valence-corrected chi connectivity index (χ2v) is 7.82. The number of pyridine rings is 2. The second-order valence-electron chi connectivity index (χ2n) is 6.05. The number of hydrogen-bond acceptors (Lipinski definition) is 5. The van der Waals surface area contributed by atoms with Crippen LogP contribution in [0.4, 0.5) is 5.13 Å². The van der Waals surface area contributed by atoms with Crippen LogP contribution in [-0.4, -0.2) is 20.9 Å². The van der Waals surface area contributed by atoms with Gasteiger partial charge in [0, 0.05) is 21.6 Å². The molecule has 0 saturated heterocycles. The number of benzene rings is 1. The van der Waals surface area contributed by atoms with Crippen LogP contribution in [0.2, 0.25) is 0 Å². The number of hydrogen-bond donors (Lipinski definition) is 1. The molecule has 4 aromatic rings. The van der Waals surface area contributed by atoms with Crippen LogP contribution in [0.3, 0.4) is 0 Å². The van der Waals surface area contributed by atoms with E-state index in [0.717, 1.165) is 27.1 Å². The van der Waals surface area contributed by atoms with Crippen molar-refractivity contribution in [2.75, 3.05) is 5.32 Å². The third kappa shape index (κ3) is 4.00. The van der Waals surface area contributed by atoms with Gasteiger partial charge in [-0.3, -0.25) is 20.1 Å². The lowest BCUT2D eigenvalue weighted by molar-refractivity contribution is 0.102. The average molecular weight is 451 g/mol. The van der Waals surface area contributed by atoms with Crippen LogP contribution in [0, 0.1) is 6.92 Å². The first-order chi connectivity index (χ1) is 13.6. The summed E-state index contributed by atoms with van der Waals surface area (Å²) in [5.41, 5.74) is 4.51. The van der Waals surface area contributed by atoms with E-state index >= 15 is 0 Å². The largest absolute Gasteiger partial charge is 0.298 e. The average Bonchev–Trinajstić information content (AvgIpc) is 3.17. The van der Waals surface area contributed by atoms with Gasteiger partial charge in [-0.25, -0.2) is 4.98 Å². The van der Waals surface area contributed by atoms with Crippen LogP contribution in [0.15, 0.2) is 70.6 Å². The van der Waals surface area contributed by atoms with E-state index in [2.05, 4.69) is 36.2 Å². The van der Waals surface area contributed by atoms with Crippen molar-refractivity contribution in [1.29, 1.82) is 0 Å². The topological polar surface area (TPSA) is 67.8 Å². The van der Waals surface area contributed by atoms with E-state index in [-0.39, 0.29) is 5.91 Å². The zero-order valence-electron chi connectivity index (χ0n) is 14.9. The molecule has 4 rings (SSSR count). The van der Waals surface area contributed by atoms with E-state index in [0.29, 0.717) is 16.4 Å². The van der Waals surface area contributed by atoms with Gasteiger partial charge in [-0.15, -0.1) is 11.3 Å². The molecule has 0 unspecified atom stereocenters. The van der Waals surface area contributed by atoms with Gasteiger partial charge in [0.2, 0.25) is 0 Å². The third-order valence-electron chi connectivity index (χ3n) is 4.10. The van der Waals surface area contributed by atoms with Gasteiger partial charge in [-0.05, 0) is 43.3 Å². The Kier molecular flexibility index (Phi) is 5.27. The highest BCUT2D eigenvalue weighted by Gasteiger charge is 2.14. The Morgan fingerprint density at radius 1 is 1.00 bits per heavy atom. The fourth-order valence-electron chi connectivity index (χ4n) is 2.74. The number of nitrogens with one attached hydrogen (secondary N) is 1. The summed E-state index contributed by atoms with van der Waals surface area (Å²) in [7, 11) is 0. The van der Waals surface area contributed by atoms with E-state index in [9.17, 15) is 4.79 Å². The van der Waals surface area contributed by atoms with Crippen molar-refractivity contribution in [3.05, 3.63) is 81.9 Å². The molecule has 0 radical (unpaired) electrons. The Balaban J connectivity index is 1.53. The molecule has 28 heavy (non-hydrogen) atoms. The summed E-state index contributed by atoms with van der Waals surface area (Å²) in [4.78, 5) is 26.0. The number of carbonyl (C=O) groups excluding carboxylic acids is 1. The molecular weight excluding hydrogens is 436 g/mol. The van der Waals surface area contributed by atoms with Crippen molar-refractivity contribution in [3.63, 3.8) is 0 Å². The van der Waals surface area contributed by atoms with E-state index in [1.54, 1.807) is 12.3 Å². The predicted molar refractivity (Wildman–Crippen MR) is 115 cm³/mol. The minimum Gasteiger partial charge on any atom is -0.298 e. The summed E-state index contributed by atoms with van der Waals surface area (Å²) < 4.78 is 0.985. The molecule has 0 aliphatic heterocycles. The summed E-state index contributed by atoms with van der Waals surface area (Å²) in [5.74, 6) is -0.229. The minimum absolute atomic E-state index is 0.229. The van der Waals surface area contributed by atoms with Crippen LogP contribution in [0.1, 0.15) is 16.1 Å². The molecule has 5 nitrogen and oxygen atoms in total. The number of rotatable bonds is 4. The number of amides is 1. The molecule has 0 aliphatic carbocycles. The van der Waals surface area contributed by atoms with Gasteiger partial charge in [0.1, 0.15) is 5.69 Å². The first kappa shape index (κ1) is 18.5. The van der Waals surface area contributed by atoms with Crippen LogP contribution >= 0.6 is 27.3 Å². The number of nitrogens with zero attached hydrogens (tertiary/aromatic N) is 3. The first-order valence-corrected chi connectivity index (χ1v) is 10.2. The lowest BCUT2D eigenvalue weighted by Crippen LogP contribution is -2.14. The monoisotopic (exact) mass is 450 g/mol. The quantitative estimate of drug-likeness (QED) is 0.439. The van der Waals surface area contributed by atoms with Crippen LogP contribution in [-0.2, 0) is 0 Å². The summed E-state index contributed by atoms with van der Waals surface area (Å²) in [5, 5.41) is 5.25. The number of aromatic nitrogens is 3. The molecule has 1 amide bonds. The molecule has 3 heterocycles. The van der Waals surface area contributed by atoms with E-state index in [1.165, 1.54) is 11.3 Å². The predicted octanol–water partition coefficient (Wildman–Crippen LogP) is 5.59. The van der Waals surface area contributed by atoms with Gasteiger partial charge in [0.05, 0.1) is 22.6 Å². The number of aryl methyl sites for hydroxylation is 1. The summed E-state index contributed by atoms with van der Waals surface area (Å²) in [6.07, 6.45) is 1.72. The Morgan fingerprint density at radius 2 is 1.89 bits per heavy atom. The Labute approximate surface area is 174 Å². The van der Waals surface area contributed by atoms with Gasteiger partial charge in [-0.1, -0.05) is 34.1 Å². The fourth-order valence-corrected chi connectivity index (χ4v) is 3.84. The highest BCUT2D eigenvalue weighted by Crippen LogP contribution is 2.25. The van der Waals surface area contributed by atoms with Crippen molar-refractivity contribution >= 4 is 38.3 Å². The fraction of sp³-hybridized carbons (Fsp3) is 0.0476. The molecule has 0 aliphatic rings. The van der Waals surface area contributed by atoms with Crippen LogP contribution in [0.25, 0.3) is 22.6 Å². The van der Waals surface area contributed by atoms with E-state index in [4.69, 9.17) is 0 Å². The van der Waals surface area contributed by atoms with Crippen molar-refractivity contribution < 1.29 is 4.79 Å². The molecule has 0 bridgehead atoms. The lowest BCUT2D eigenvalue weighted by Gasteiger charge is -2.08. The zero-order chi connectivity index (χ0) is 19.5. The minimum atomic E-state index is -0.229. The van der Waals surface area contributed by atoms with Gasteiger partial charge in [-0.2, -0.15) is 0 Å². The van der Waals surface area contributed by atoms with Gasteiger partial charge in [0.15, 0.2) is 5.13 Å². The Hall–Kier alpha value is -2.90. The second kappa shape index (κ2) is 8.00. The third-order valence-corrected chi connectivity index (χ3v) is 5.35. The molecule has 7 heteroatoms. The number of halogens is 1. The highest BCUT2D eigenvalue weighted by molar-refractivity contribution is 9.10. The zero-order valence-corrected chi connectivity index (χ0v) is 17.3. The van der Waals surface area contributed by atoms with Gasteiger partial charge in [0.25, 0.3) is 5.91 Å². The molecule has 0 spiro atoms. The van der Waals surface area contributed by atoms with Crippen molar-refractivity contribution in [3.8, 4) is 22.6 Å². The molecule has 138 valence electrons. The summed E-state index contributed by atoms with van der Waals surface area (Å²) in [6.45, 7) is 1.83. The van der Waals surface area contributed by atoms with E-state index < -0.39 is 0 Å². The van der Waals surface area contributed by atoms with Crippen molar-refractivity contribution in [2.45, 2.75) is 6.92 Å². The number of carbonyl (C=O) groups is 1. The maximum Gasteiger partial charge on any atom is 0.259 e. The van der Waals surface area contributed by atoms with Gasteiger partial charge >= 0.3 is 0 Å². The first-order valence-electron chi connectivity index (χ1n) is 8.52. The smallest absolute Gasteiger partial charge is 0.259 e. The van der Waals surface area contributed by atoms with E-state index in [1.807, 2.05) is 60.8 Å². The summed E-state index contributed by atoms with van der Waals surface area (Å²) >= 11 is 4.84. The molecular formula is C21H15BrN4OS. The maximum atomic E-state index is 12.7. The number of anilines is 1. The maximum absolute atomic E-state index is 12.7. The molecule has 3 aromatic heterocycles. The van der Waals surface area contributed by atoms with Crippen molar-refractivity contribution in [2.24, 2.45) is 0 Å². The van der Waals surface area contributed by atoms with Crippen molar-refractivity contribution in [1.82, 2.24) is 15.0 Å². The molecule has 0 saturated carbocycles. The SMILES string of the molecule is Cc1nc(-c2cccc(Br)c2)ccc1C(=O)Nc1nc(-c2ccccn2)cs1. The molecule has 0 atom stereocenters. The highest BCUT2D eigenvalue weighted by atomic mass is 79.9. The lowest BCUT2D eigenvalue weighted by atomic mass is 10.1. The molecule has 1 aromatic carbocycles. The van der Waals surface area contributed by atoms with Crippen LogP contribution in [0.5, 0.6) is 0 Å². The van der Waals surface area contributed by atoms with Gasteiger partial charge < -0.3 is 0 Å². The summed E-state index contributed by atoms with van der Waals surface area (Å²) in [6, 6.07) is 17.2. The Bertz CT molecular complexity index is 1140. The Morgan fingerprint density at radius 3 is 2.64 bits per heavy atom. The van der Waals surface area contributed by atoms with Crippen LogP contribution < -0.4 is 5.32 Å².